The third kappa shape index (κ3) is 1.92. The van der Waals surface area contributed by atoms with Gasteiger partial charge in [-0.05, 0) is 0 Å². The number of hydrogen-bond acceptors (Lipinski definition) is 2. The van der Waals surface area contributed by atoms with Crippen molar-refractivity contribution in [3.05, 3.63) is 32.9 Å². The summed E-state index contributed by atoms with van der Waals surface area (Å²) in [4.78, 5) is 5.73. The van der Waals surface area contributed by atoms with Crippen LogP contribution >= 0.6 is 25.3 Å². The maximum absolute atomic E-state index is 6.34. The second-order valence-corrected chi connectivity index (χ2v) is 1.72. The molecule has 0 saturated heterocycles. The molecule has 0 atom stereocenters. The van der Waals surface area contributed by atoms with E-state index in [4.69, 9.17) is 13.1 Å². The molecule has 0 spiro atoms. The van der Waals surface area contributed by atoms with E-state index in [0.717, 1.165) is 0 Å². The predicted molar refractivity (Wildman–Crippen MR) is 38.2 cm³/mol. The molecule has 0 amide bonds. The van der Waals surface area contributed by atoms with Crippen LogP contribution in [0.5, 0.6) is 0 Å². The molecule has 4 heteroatoms. The standard InChI is InChI=1S/C4H2N2S2/c1-5-3(7)4(8)6-2/h7-8H/b4-3-. The van der Waals surface area contributed by atoms with Crippen LogP contribution in [0.15, 0.2) is 10.1 Å². The van der Waals surface area contributed by atoms with Gasteiger partial charge < -0.3 is 0 Å². The summed E-state index contributed by atoms with van der Waals surface area (Å²) >= 11 is 7.28. The van der Waals surface area contributed by atoms with Crippen LogP contribution in [0, 0.1) is 13.1 Å². The molecule has 0 saturated carbocycles. The second-order valence-electron chi connectivity index (χ2n) is 0.871. The molecular formula is C4H2N2S2. The van der Waals surface area contributed by atoms with E-state index >= 15 is 0 Å². The highest BCUT2D eigenvalue weighted by Crippen LogP contribution is 2.13. The normalized spacial score (nSPS) is 11.0. The van der Waals surface area contributed by atoms with Crippen molar-refractivity contribution >= 4 is 25.3 Å². The molecule has 2 nitrogen and oxygen atoms in total. The van der Waals surface area contributed by atoms with Crippen molar-refractivity contribution in [3.8, 4) is 0 Å². The molecule has 0 aromatic carbocycles. The Morgan fingerprint density at radius 3 is 1.38 bits per heavy atom. The first-order chi connectivity index (χ1) is 3.72. The fraction of sp³-hybridized carbons (Fsp3) is 0. The van der Waals surface area contributed by atoms with E-state index in [-0.39, 0.29) is 10.1 Å². The van der Waals surface area contributed by atoms with E-state index in [2.05, 4.69) is 34.9 Å². The Morgan fingerprint density at radius 2 is 1.25 bits per heavy atom. The van der Waals surface area contributed by atoms with Crippen molar-refractivity contribution in [2.24, 2.45) is 0 Å². The molecule has 0 heterocycles. The average Bonchev–Trinajstić information content (AvgIpc) is 1.84. The van der Waals surface area contributed by atoms with Crippen LogP contribution in [0.25, 0.3) is 9.69 Å². The zero-order chi connectivity index (χ0) is 6.57. The molecule has 0 bridgehead atoms. The van der Waals surface area contributed by atoms with Gasteiger partial charge in [-0.3, -0.25) is 0 Å². The first-order valence-corrected chi connectivity index (χ1v) is 2.49. The zero-order valence-electron chi connectivity index (χ0n) is 3.79. The molecule has 0 N–H and O–H groups in total. The summed E-state index contributed by atoms with van der Waals surface area (Å²) in [6.07, 6.45) is 0. The Labute approximate surface area is 58.7 Å². The zero-order valence-corrected chi connectivity index (χ0v) is 5.58. The van der Waals surface area contributed by atoms with Crippen LogP contribution in [-0.4, -0.2) is 0 Å². The fourth-order valence-electron chi connectivity index (χ4n) is 0.100. The first-order valence-electron chi connectivity index (χ1n) is 1.59. The van der Waals surface area contributed by atoms with Gasteiger partial charge >= 0.3 is 0 Å². The molecule has 0 aliphatic carbocycles. The minimum atomic E-state index is 0.0448. The summed E-state index contributed by atoms with van der Waals surface area (Å²) in [6, 6.07) is 0. The third-order valence-corrected chi connectivity index (χ3v) is 1.21. The van der Waals surface area contributed by atoms with Gasteiger partial charge in [0.15, 0.2) is 0 Å². The van der Waals surface area contributed by atoms with Crippen LogP contribution in [-0.2, 0) is 0 Å². The topological polar surface area (TPSA) is 8.72 Å². The third-order valence-electron chi connectivity index (χ3n) is 0.412. The Balaban J connectivity index is 4.41. The van der Waals surface area contributed by atoms with Crippen molar-refractivity contribution in [1.82, 2.24) is 0 Å². The Morgan fingerprint density at radius 1 is 1.00 bits per heavy atom. The second kappa shape index (κ2) is 3.43. The molecule has 0 unspecified atom stereocenters. The number of hydrogen-bond donors (Lipinski definition) is 2. The first kappa shape index (κ1) is 7.42. The number of thiol groups is 2. The van der Waals surface area contributed by atoms with E-state index in [9.17, 15) is 0 Å². The molecule has 0 aliphatic rings. The lowest BCUT2D eigenvalue weighted by atomic mass is 10.9. The number of rotatable bonds is 0. The Kier molecular flexibility index (Phi) is 3.18. The largest absolute Gasteiger partial charge is 0.243 e. The van der Waals surface area contributed by atoms with Gasteiger partial charge in [0, 0.05) is 0 Å². The van der Waals surface area contributed by atoms with Gasteiger partial charge in [0.25, 0.3) is 0 Å². The lowest BCUT2D eigenvalue weighted by Gasteiger charge is -1.81. The highest BCUT2D eigenvalue weighted by molar-refractivity contribution is 7.88. The molecular weight excluding hydrogens is 140 g/mol. The Hall–Kier alpha value is -0.580. The maximum atomic E-state index is 6.34. The van der Waals surface area contributed by atoms with Crippen molar-refractivity contribution in [2.45, 2.75) is 0 Å². The molecule has 0 fully saturated rings. The quantitative estimate of drug-likeness (QED) is 0.377. The van der Waals surface area contributed by atoms with Crippen molar-refractivity contribution < 1.29 is 0 Å². The average molecular weight is 142 g/mol. The van der Waals surface area contributed by atoms with E-state index in [1.54, 1.807) is 0 Å². The van der Waals surface area contributed by atoms with Crippen LogP contribution in [0.2, 0.25) is 0 Å². The molecule has 0 radical (unpaired) electrons. The minimum Gasteiger partial charge on any atom is -0.243 e. The number of nitrogens with zero attached hydrogens (tertiary/aromatic N) is 2. The molecule has 0 aromatic heterocycles. The van der Waals surface area contributed by atoms with Crippen molar-refractivity contribution in [3.63, 3.8) is 0 Å². The summed E-state index contributed by atoms with van der Waals surface area (Å²) in [5.74, 6) is 0. The predicted octanol–water partition coefficient (Wildman–Crippen LogP) is 1.81. The summed E-state index contributed by atoms with van der Waals surface area (Å²) < 4.78 is 0. The Bertz CT molecular complexity index is 171. The van der Waals surface area contributed by atoms with Crippen molar-refractivity contribution in [2.75, 3.05) is 0 Å². The lowest BCUT2D eigenvalue weighted by Crippen LogP contribution is -1.59. The van der Waals surface area contributed by atoms with E-state index in [1.165, 1.54) is 0 Å². The van der Waals surface area contributed by atoms with Gasteiger partial charge in [0.05, 0.1) is 13.1 Å². The van der Waals surface area contributed by atoms with E-state index in [1.807, 2.05) is 0 Å². The molecule has 40 valence electrons. The summed E-state index contributed by atoms with van der Waals surface area (Å²) in [7, 11) is 0. The van der Waals surface area contributed by atoms with E-state index in [0.29, 0.717) is 0 Å². The van der Waals surface area contributed by atoms with Gasteiger partial charge in [-0.25, -0.2) is 9.69 Å². The molecule has 8 heavy (non-hydrogen) atoms. The van der Waals surface area contributed by atoms with Crippen LogP contribution in [0.4, 0.5) is 0 Å². The van der Waals surface area contributed by atoms with Gasteiger partial charge in [0.1, 0.15) is 0 Å². The smallest absolute Gasteiger partial charge is 0.231 e. The molecule has 0 rings (SSSR count). The highest BCUT2D eigenvalue weighted by atomic mass is 32.1. The highest BCUT2D eigenvalue weighted by Gasteiger charge is 1.92. The summed E-state index contributed by atoms with van der Waals surface area (Å²) in [5, 5.41) is 0.0895. The molecule has 0 aromatic rings. The summed E-state index contributed by atoms with van der Waals surface area (Å²) in [6.45, 7) is 12.7. The van der Waals surface area contributed by atoms with E-state index < -0.39 is 0 Å². The SMILES string of the molecule is [C-]#[N+]/C(S)=C(/S)[N+]#[C-]. The van der Waals surface area contributed by atoms with Crippen LogP contribution in [0.3, 0.4) is 0 Å². The van der Waals surface area contributed by atoms with Crippen molar-refractivity contribution in [1.29, 1.82) is 0 Å². The monoisotopic (exact) mass is 142 g/mol. The van der Waals surface area contributed by atoms with Crippen LogP contribution < -0.4 is 0 Å². The molecule has 0 aliphatic heterocycles. The summed E-state index contributed by atoms with van der Waals surface area (Å²) in [5.41, 5.74) is 0. The minimum absolute atomic E-state index is 0.0448. The fourth-order valence-corrected chi connectivity index (χ4v) is 0.200. The van der Waals surface area contributed by atoms with Gasteiger partial charge in [-0.15, -0.1) is 0 Å². The van der Waals surface area contributed by atoms with Gasteiger partial charge in [-0.2, -0.15) is 25.3 Å². The maximum Gasteiger partial charge on any atom is 0.231 e. The lowest BCUT2D eigenvalue weighted by molar-refractivity contribution is 1.85. The van der Waals surface area contributed by atoms with Gasteiger partial charge in [0.2, 0.25) is 10.1 Å². The van der Waals surface area contributed by atoms with Crippen LogP contribution in [0.1, 0.15) is 0 Å². The van der Waals surface area contributed by atoms with Gasteiger partial charge in [-0.1, -0.05) is 0 Å².